The number of carbonyl (C=O) groups is 1. The Morgan fingerprint density at radius 1 is 1.25 bits per heavy atom. The van der Waals surface area contributed by atoms with Crippen LogP contribution < -0.4 is 10.7 Å². The predicted octanol–water partition coefficient (Wildman–Crippen LogP) is 3.49. The molecule has 0 aliphatic heterocycles. The summed E-state index contributed by atoms with van der Waals surface area (Å²) in [5, 5.41) is 26.1. The van der Waals surface area contributed by atoms with Gasteiger partial charge in [-0.15, -0.1) is 0 Å². The van der Waals surface area contributed by atoms with Crippen molar-refractivity contribution >= 4 is 49.7 Å². The van der Waals surface area contributed by atoms with Crippen LogP contribution in [0.15, 0.2) is 44.4 Å². The summed E-state index contributed by atoms with van der Waals surface area (Å²) in [7, 11) is 0. The number of aryl methyl sites for hydroxylation is 1. The third kappa shape index (κ3) is 4.72. The van der Waals surface area contributed by atoms with Gasteiger partial charge < -0.3 is 15.5 Å². The van der Waals surface area contributed by atoms with Gasteiger partial charge in [-0.2, -0.15) is 5.10 Å². The van der Waals surface area contributed by atoms with Crippen LogP contribution in [0, 0.1) is 6.92 Å². The summed E-state index contributed by atoms with van der Waals surface area (Å²) in [6.07, 6.45) is 1.36. The number of amides is 1. The average Bonchev–Trinajstić information content (AvgIpc) is 2.55. The highest BCUT2D eigenvalue weighted by atomic mass is 79.9. The van der Waals surface area contributed by atoms with E-state index in [-0.39, 0.29) is 28.4 Å². The molecular formula is C16H15Br2N3O3. The number of benzene rings is 2. The van der Waals surface area contributed by atoms with Crippen molar-refractivity contribution in [2.45, 2.75) is 6.92 Å². The number of aromatic hydroxyl groups is 2. The van der Waals surface area contributed by atoms with Gasteiger partial charge in [-0.25, -0.2) is 5.43 Å². The highest BCUT2D eigenvalue weighted by Crippen LogP contribution is 2.40. The van der Waals surface area contributed by atoms with Crippen molar-refractivity contribution in [2.24, 2.45) is 5.10 Å². The number of hydrogen-bond acceptors (Lipinski definition) is 5. The average molecular weight is 457 g/mol. The Bertz CT molecular complexity index is 794. The number of carbonyl (C=O) groups excluding carboxylic acids is 1. The minimum absolute atomic E-state index is 0.0759. The molecular weight excluding hydrogens is 442 g/mol. The summed E-state index contributed by atoms with van der Waals surface area (Å²) in [5.41, 5.74) is 4.82. The van der Waals surface area contributed by atoms with Crippen LogP contribution in [0.3, 0.4) is 0 Å². The van der Waals surface area contributed by atoms with Crippen LogP contribution in [-0.2, 0) is 4.79 Å². The molecule has 0 aromatic heterocycles. The number of phenols is 2. The highest BCUT2D eigenvalue weighted by molar-refractivity contribution is 9.11. The first-order valence-corrected chi connectivity index (χ1v) is 8.49. The van der Waals surface area contributed by atoms with Gasteiger partial charge in [0.25, 0.3) is 5.91 Å². The fourth-order valence-electron chi connectivity index (χ4n) is 1.87. The topological polar surface area (TPSA) is 94.0 Å². The molecule has 0 bridgehead atoms. The summed E-state index contributed by atoms with van der Waals surface area (Å²) in [6.45, 7) is 2.05. The fourth-order valence-corrected chi connectivity index (χ4v) is 2.71. The van der Waals surface area contributed by atoms with Crippen LogP contribution in [0.1, 0.15) is 11.1 Å². The second kappa shape index (κ2) is 8.16. The smallest absolute Gasteiger partial charge is 0.259 e. The van der Waals surface area contributed by atoms with Crippen LogP contribution in [-0.4, -0.2) is 28.9 Å². The SMILES string of the molecule is Cc1cccc(NCC(=O)N/N=C\c2cc(Br)c(O)c(O)c2Br)c1. The Morgan fingerprint density at radius 3 is 2.71 bits per heavy atom. The van der Waals surface area contributed by atoms with Crippen molar-refractivity contribution in [3.8, 4) is 11.5 Å². The lowest BCUT2D eigenvalue weighted by atomic mass is 10.2. The normalized spacial score (nSPS) is 10.8. The Morgan fingerprint density at radius 2 is 2.00 bits per heavy atom. The van der Waals surface area contributed by atoms with E-state index in [1.54, 1.807) is 6.07 Å². The molecule has 2 aromatic rings. The van der Waals surface area contributed by atoms with Crippen LogP contribution in [0.25, 0.3) is 0 Å². The maximum atomic E-state index is 11.8. The van der Waals surface area contributed by atoms with E-state index < -0.39 is 0 Å². The molecule has 8 heteroatoms. The fraction of sp³-hybridized carbons (Fsp3) is 0.125. The maximum Gasteiger partial charge on any atom is 0.259 e. The largest absolute Gasteiger partial charge is 0.503 e. The molecule has 2 rings (SSSR count). The first kappa shape index (κ1) is 18.3. The van der Waals surface area contributed by atoms with Crippen molar-refractivity contribution in [1.82, 2.24) is 5.43 Å². The molecule has 0 radical (unpaired) electrons. The van der Waals surface area contributed by atoms with Crippen molar-refractivity contribution in [2.75, 3.05) is 11.9 Å². The summed E-state index contributed by atoms with van der Waals surface area (Å²) >= 11 is 6.27. The minimum atomic E-state index is -0.314. The zero-order chi connectivity index (χ0) is 17.7. The third-order valence-electron chi connectivity index (χ3n) is 3.06. The van der Waals surface area contributed by atoms with E-state index >= 15 is 0 Å². The van der Waals surface area contributed by atoms with Gasteiger partial charge in [-0.1, -0.05) is 12.1 Å². The van der Waals surface area contributed by atoms with Gasteiger partial charge in [-0.05, 0) is 62.5 Å². The first-order chi connectivity index (χ1) is 11.4. The van der Waals surface area contributed by atoms with E-state index in [9.17, 15) is 15.0 Å². The molecule has 2 aromatic carbocycles. The van der Waals surface area contributed by atoms with E-state index in [1.165, 1.54) is 6.21 Å². The molecule has 4 N–H and O–H groups in total. The first-order valence-electron chi connectivity index (χ1n) is 6.91. The van der Waals surface area contributed by atoms with Gasteiger partial charge in [-0.3, -0.25) is 4.79 Å². The number of rotatable bonds is 5. The Hall–Kier alpha value is -2.06. The molecule has 1 amide bonds. The Balaban J connectivity index is 1.93. The second-order valence-electron chi connectivity index (χ2n) is 4.98. The number of halogens is 2. The summed E-state index contributed by atoms with van der Waals surface area (Å²) in [5.74, 6) is -0.894. The summed E-state index contributed by atoms with van der Waals surface area (Å²) in [4.78, 5) is 11.8. The molecule has 0 saturated carbocycles. The Labute approximate surface area is 155 Å². The van der Waals surface area contributed by atoms with Gasteiger partial charge >= 0.3 is 0 Å². The molecule has 0 saturated heterocycles. The number of hydrogen-bond donors (Lipinski definition) is 4. The predicted molar refractivity (Wildman–Crippen MR) is 101 cm³/mol. The monoisotopic (exact) mass is 455 g/mol. The van der Waals surface area contributed by atoms with Crippen LogP contribution in [0.4, 0.5) is 5.69 Å². The summed E-state index contributed by atoms with van der Waals surface area (Å²) < 4.78 is 0.594. The molecule has 0 aliphatic rings. The maximum absolute atomic E-state index is 11.8. The van der Waals surface area contributed by atoms with Crippen LogP contribution >= 0.6 is 31.9 Å². The van der Waals surface area contributed by atoms with Crippen molar-refractivity contribution in [3.05, 3.63) is 50.4 Å². The highest BCUT2D eigenvalue weighted by Gasteiger charge is 2.12. The van der Waals surface area contributed by atoms with E-state index in [1.807, 2.05) is 31.2 Å². The molecule has 0 spiro atoms. The zero-order valence-electron chi connectivity index (χ0n) is 12.7. The van der Waals surface area contributed by atoms with E-state index in [2.05, 4.69) is 47.7 Å². The van der Waals surface area contributed by atoms with E-state index in [0.29, 0.717) is 10.0 Å². The van der Waals surface area contributed by atoms with Crippen molar-refractivity contribution in [3.63, 3.8) is 0 Å². The molecule has 0 fully saturated rings. The lowest BCUT2D eigenvalue weighted by Crippen LogP contribution is -2.25. The molecule has 0 atom stereocenters. The number of nitrogens with zero attached hydrogens (tertiary/aromatic N) is 1. The molecule has 0 aliphatic carbocycles. The lowest BCUT2D eigenvalue weighted by molar-refractivity contribution is -0.119. The molecule has 126 valence electrons. The quantitative estimate of drug-likeness (QED) is 0.314. The third-order valence-corrected chi connectivity index (χ3v) is 4.50. The molecule has 0 heterocycles. The number of anilines is 1. The standard InChI is InChI=1S/C16H15Br2N3O3/c1-9-3-2-4-11(5-9)19-8-13(22)21-20-7-10-6-12(17)15(23)16(24)14(10)18/h2-7,19,23-24H,8H2,1H3,(H,21,22)/b20-7-. The van der Waals surface area contributed by atoms with E-state index in [4.69, 9.17) is 0 Å². The zero-order valence-corrected chi connectivity index (χ0v) is 15.8. The molecule has 24 heavy (non-hydrogen) atoms. The van der Waals surface area contributed by atoms with E-state index in [0.717, 1.165) is 11.3 Å². The van der Waals surface area contributed by atoms with Gasteiger partial charge in [0.1, 0.15) is 0 Å². The second-order valence-corrected chi connectivity index (χ2v) is 6.62. The van der Waals surface area contributed by atoms with Crippen LogP contribution in [0.2, 0.25) is 0 Å². The number of hydrazone groups is 1. The van der Waals surface area contributed by atoms with Gasteiger partial charge in [0.15, 0.2) is 11.5 Å². The Kier molecular flexibility index (Phi) is 6.22. The minimum Gasteiger partial charge on any atom is -0.503 e. The number of nitrogens with one attached hydrogen (secondary N) is 2. The molecule has 6 nitrogen and oxygen atoms in total. The lowest BCUT2D eigenvalue weighted by Gasteiger charge is -2.07. The summed E-state index contributed by atoms with van der Waals surface area (Å²) in [6, 6.07) is 9.24. The van der Waals surface area contributed by atoms with Crippen molar-refractivity contribution < 1.29 is 15.0 Å². The molecule has 0 unspecified atom stereocenters. The van der Waals surface area contributed by atoms with Crippen molar-refractivity contribution in [1.29, 1.82) is 0 Å². The van der Waals surface area contributed by atoms with Gasteiger partial charge in [0.05, 0.1) is 21.7 Å². The van der Waals surface area contributed by atoms with Gasteiger partial charge in [0.2, 0.25) is 0 Å². The van der Waals surface area contributed by atoms with Crippen LogP contribution in [0.5, 0.6) is 11.5 Å². The number of phenolic OH excluding ortho intramolecular Hbond substituents is 2. The van der Waals surface area contributed by atoms with Gasteiger partial charge in [0, 0.05) is 11.3 Å².